The number of aromatic nitrogens is 1. The lowest BCUT2D eigenvalue weighted by atomic mass is 9.93. The Morgan fingerprint density at radius 3 is 2.71 bits per heavy atom. The summed E-state index contributed by atoms with van der Waals surface area (Å²) >= 11 is 2.05. The van der Waals surface area contributed by atoms with Gasteiger partial charge in [-0.05, 0) is 46.9 Å². The van der Waals surface area contributed by atoms with E-state index >= 15 is 0 Å². The number of aliphatic imine (C=N–C) groups is 1. The average molecular weight is 419 g/mol. The number of hydrogen-bond donors (Lipinski definition) is 1. The monoisotopic (exact) mass is 418 g/mol. The van der Waals surface area contributed by atoms with Crippen molar-refractivity contribution in [1.82, 2.24) is 10.3 Å². The van der Waals surface area contributed by atoms with Crippen molar-refractivity contribution in [3.8, 4) is 5.75 Å². The number of benzene rings is 1. The first-order valence-corrected chi connectivity index (χ1v) is 9.90. The smallest absolute Gasteiger partial charge is 0.349 e. The molecule has 146 valence electrons. The summed E-state index contributed by atoms with van der Waals surface area (Å²) in [5, 5.41) is 14.5. The van der Waals surface area contributed by atoms with E-state index in [1.165, 1.54) is 0 Å². The van der Waals surface area contributed by atoms with Gasteiger partial charge in [-0.3, -0.25) is 14.9 Å². The van der Waals surface area contributed by atoms with E-state index in [1.54, 1.807) is 13.2 Å². The van der Waals surface area contributed by atoms with Gasteiger partial charge in [0, 0.05) is 5.41 Å². The topological polar surface area (TPSA) is 107 Å². The summed E-state index contributed by atoms with van der Waals surface area (Å²) in [5.41, 5.74) is 0.711. The minimum absolute atomic E-state index is 0.0340. The molecule has 0 atom stereocenters. The van der Waals surface area contributed by atoms with Gasteiger partial charge in [0.25, 0.3) is 5.91 Å². The van der Waals surface area contributed by atoms with Gasteiger partial charge in [-0.1, -0.05) is 32.9 Å². The van der Waals surface area contributed by atoms with Crippen LogP contribution in [0.15, 0.2) is 34.2 Å². The number of methoxy groups -OCH3 is 1. The molecule has 1 aromatic carbocycles. The zero-order valence-electron chi connectivity index (χ0n) is 15.7. The summed E-state index contributed by atoms with van der Waals surface area (Å²) in [6.07, 6.45) is 1.73. The maximum atomic E-state index is 12.2. The molecule has 1 amide bonds. The van der Waals surface area contributed by atoms with Crippen LogP contribution in [0.4, 0.5) is 10.1 Å². The number of amides is 1. The van der Waals surface area contributed by atoms with Gasteiger partial charge in [-0.25, -0.2) is 4.98 Å². The first kappa shape index (κ1) is 20.0. The molecule has 0 unspecified atom stereocenters. The number of carbonyl (C=O) groups is 1. The van der Waals surface area contributed by atoms with Crippen LogP contribution in [0.2, 0.25) is 0 Å². The number of nitrogens with zero attached hydrogens (tertiary/aromatic N) is 3. The fourth-order valence-corrected chi connectivity index (χ4v) is 4.26. The average Bonchev–Trinajstić information content (AvgIpc) is 3.19. The van der Waals surface area contributed by atoms with Crippen molar-refractivity contribution >= 4 is 50.4 Å². The van der Waals surface area contributed by atoms with Crippen molar-refractivity contribution in [1.29, 1.82) is 0 Å². The second-order valence-corrected chi connectivity index (χ2v) is 8.90. The number of carbonyl (C=O) groups excluding carboxylic acids is 1. The number of ether oxygens (including phenoxy) is 1. The second kappa shape index (κ2) is 7.72. The molecule has 1 aliphatic rings. The molecule has 10 heteroatoms. The Bertz CT molecular complexity index is 1010. The Balaban J connectivity index is 1.88. The lowest BCUT2D eigenvalue weighted by Crippen LogP contribution is -2.19. The van der Waals surface area contributed by atoms with Gasteiger partial charge >= 0.3 is 5.00 Å². The summed E-state index contributed by atoms with van der Waals surface area (Å²) in [6, 6.07) is 7.33. The van der Waals surface area contributed by atoms with Gasteiger partial charge in [0.05, 0.1) is 16.9 Å². The Labute approximate surface area is 169 Å². The van der Waals surface area contributed by atoms with Crippen molar-refractivity contribution < 1.29 is 14.5 Å². The molecule has 28 heavy (non-hydrogen) atoms. The van der Waals surface area contributed by atoms with Crippen molar-refractivity contribution in [3.05, 3.63) is 50.5 Å². The van der Waals surface area contributed by atoms with Crippen LogP contribution in [-0.4, -0.2) is 28.1 Å². The normalized spacial score (nSPS) is 17.2. The number of nitro groups is 1. The second-order valence-electron chi connectivity index (χ2n) is 6.92. The van der Waals surface area contributed by atoms with Gasteiger partial charge in [0.15, 0.2) is 5.17 Å². The van der Waals surface area contributed by atoms with Crippen LogP contribution in [-0.2, 0) is 10.2 Å². The molecular formula is C18H18N4O4S2. The van der Waals surface area contributed by atoms with Crippen LogP contribution in [0.25, 0.3) is 6.08 Å². The number of thiazole rings is 1. The highest BCUT2D eigenvalue weighted by molar-refractivity contribution is 8.18. The molecule has 0 spiro atoms. The third-order valence-corrected chi connectivity index (χ3v) is 5.52. The lowest BCUT2D eigenvalue weighted by molar-refractivity contribution is -0.381. The fourth-order valence-electron chi connectivity index (χ4n) is 2.41. The van der Waals surface area contributed by atoms with E-state index in [1.807, 2.05) is 45.0 Å². The van der Waals surface area contributed by atoms with Gasteiger partial charge < -0.3 is 10.1 Å². The summed E-state index contributed by atoms with van der Waals surface area (Å²) in [5.74, 6) is 0.408. The molecule has 0 saturated carbocycles. The number of hydrogen-bond acceptors (Lipinski definition) is 8. The van der Waals surface area contributed by atoms with E-state index in [9.17, 15) is 14.9 Å². The summed E-state index contributed by atoms with van der Waals surface area (Å²) in [4.78, 5) is 32.2. The molecule has 1 fully saturated rings. The van der Waals surface area contributed by atoms with Crippen LogP contribution < -0.4 is 10.1 Å². The zero-order valence-corrected chi connectivity index (χ0v) is 17.3. The Kier molecular flexibility index (Phi) is 5.52. The zero-order chi connectivity index (χ0) is 20.5. The predicted octanol–water partition coefficient (Wildman–Crippen LogP) is 4.25. The van der Waals surface area contributed by atoms with Gasteiger partial charge in [-0.2, -0.15) is 4.99 Å². The highest BCUT2D eigenvalue weighted by Gasteiger charge is 2.31. The summed E-state index contributed by atoms with van der Waals surface area (Å²) in [6.45, 7) is 5.56. The molecule has 8 nitrogen and oxygen atoms in total. The number of rotatable bonds is 4. The molecular weight excluding hydrogens is 400 g/mol. The Morgan fingerprint density at radius 1 is 1.36 bits per heavy atom. The molecule has 1 N–H and O–H groups in total. The highest BCUT2D eigenvalue weighted by Crippen LogP contribution is 2.40. The van der Waals surface area contributed by atoms with Crippen molar-refractivity contribution in [2.75, 3.05) is 7.11 Å². The molecule has 0 aliphatic carbocycles. The van der Waals surface area contributed by atoms with Gasteiger partial charge in [-0.15, -0.1) is 0 Å². The fraction of sp³-hybridized carbons (Fsp3) is 0.278. The molecule has 1 aliphatic heterocycles. The van der Waals surface area contributed by atoms with Crippen LogP contribution in [0.1, 0.15) is 32.0 Å². The van der Waals surface area contributed by atoms with Crippen LogP contribution in [0, 0.1) is 10.1 Å². The van der Waals surface area contributed by atoms with Crippen LogP contribution in [0.5, 0.6) is 5.75 Å². The van der Waals surface area contributed by atoms with Crippen molar-refractivity contribution in [2.24, 2.45) is 4.99 Å². The van der Waals surface area contributed by atoms with E-state index < -0.39 is 10.3 Å². The molecule has 0 bridgehead atoms. The van der Waals surface area contributed by atoms with E-state index in [4.69, 9.17) is 4.74 Å². The van der Waals surface area contributed by atoms with E-state index in [2.05, 4.69) is 15.3 Å². The first-order valence-electron chi connectivity index (χ1n) is 8.26. The molecule has 1 saturated heterocycles. The minimum atomic E-state index is -0.485. The van der Waals surface area contributed by atoms with E-state index in [0.29, 0.717) is 21.5 Å². The Morgan fingerprint density at radius 2 is 2.11 bits per heavy atom. The SMILES string of the molecule is COc1cccc(/C=C2\SC(=Nc3nc(C(C)(C)C)c([N+](=O)[O-])s3)NC2=O)c1. The largest absolute Gasteiger partial charge is 0.497 e. The molecule has 1 aromatic heterocycles. The molecule has 0 radical (unpaired) electrons. The third kappa shape index (κ3) is 4.39. The lowest BCUT2D eigenvalue weighted by Gasteiger charge is -2.13. The number of nitrogens with one attached hydrogen (secondary N) is 1. The van der Waals surface area contributed by atoms with Gasteiger partial charge in [0.1, 0.15) is 11.4 Å². The minimum Gasteiger partial charge on any atom is -0.497 e. The maximum absolute atomic E-state index is 12.2. The van der Waals surface area contributed by atoms with Crippen molar-refractivity contribution in [2.45, 2.75) is 26.2 Å². The Hall–Kier alpha value is -2.72. The maximum Gasteiger partial charge on any atom is 0.349 e. The summed E-state index contributed by atoms with van der Waals surface area (Å²) in [7, 11) is 1.58. The van der Waals surface area contributed by atoms with Crippen molar-refractivity contribution in [3.63, 3.8) is 0 Å². The van der Waals surface area contributed by atoms with Crippen LogP contribution in [0.3, 0.4) is 0 Å². The third-order valence-electron chi connectivity index (χ3n) is 3.71. The highest BCUT2D eigenvalue weighted by atomic mass is 32.2. The first-order chi connectivity index (χ1) is 13.2. The predicted molar refractivity (Wildman–Crippen MR) is 111 cm³/mol. The quantitative estimate of drug-likeness (QED) is 0.452. The molecule has 3 rings (SSSR count). The molecule has 2 aromatic rings. The van der Waals surface area contributed by atoms with E-state index in [-0.39, 0.29) is 16.0 Å². The van der Waals surface area contributed by atoms with Crippen LogP contribution >= 0.6 is 23.1 Å². The molecule has 2 heterocycles. The van der Waals surface area contributed by atoms with Gasteiger partial charge in [0.2, 0.25) is 5.13 Å². The number of amidine groups is 1. The standard InChI is InChI=1S/C18H18N4O4S2/c1-18(2,3)13-15(22(24)25)28-16(19-13)21-17-20-14(23)12(27-17)9-10-6-5-7-11(8-10)26-4/h5-9H,1-4H3,(H,19,20,21,23)/b12-9-. The van der Waals surface area contributed by atoms with E-state index in [0.717, 1.165) is 28.7 Å². The number of thioether (sulfide) groups is 1. The summed E-state index contributed by atoms with van der Waals surface area (Å²) < 4.78 is 5.18.